The number of hydrogen-bond acceptors (Lipinski definition) is 5. The Bertz CT molecular complexity index is 2770. The van der Waals surface area contributed by atoms with E-state index in [0.717, 1.165) is 83.1 Å². The zero-order valence-corrected chi connectivity index (χ0v) is 26.7. The summed E-state index contributed by atoms with van der Waals surface area (Å²) in [4.78, 5) is 15.8. The summed E-state index contributed by atoms with van der Waals surface area (Å²) in [5.41, 5.74) is 7.81. The van der Waals surface area contributed by atoms with Crippen LogP contribution in [0.3, 0.4) is 0 Å². The van der Waals surface area contributed by atoms with Crippen molar-refractivity contribution in [2.45, 2.75) is 12.8 Å². The summed E-state index contributed by atoms with van der Waals surface area (Å²) in [7, 11) is 0. The molecule has 0 bridgehead atoms. The van der Waals surface area contributed by atoms with Gasteiger partial charge >= 0.3 is 0 Å². The van der Waals surface area contributed by atoms with E-state index >= 15 is 0 Å². The molecule has 0 aliphatic heterocycles. The highest BCUT2D eigenvalue weighted by Gasteiger charge is 2.33. The van der Waals surface area contributed by atoms with Crippen LogP contribution in [0, 0.1) is 5.92 Å². The molecule has 6 aromatic carbocycles. The monoisotopic (exact) mass is 631 g/mol. The Morgan fingerprint density at radius 3 is 2.08 bits per heavy atom. The summed E-state index contributed by atoms with van der Waals surface area (Å²) < 4.78 is 12.6. The van der Waals surface area contributed by atoms with Crippen LogP contribution < -0.4 is 0 Å². The van der Waals surface area contributed by atoms with E-state index < -0.39 is 0 Å². The minimum atomic E-state index is -0.117. The normalized spacial score (nSPS) is 15.8. The molecule has 0 amide bonds. The third-order valence-electron chi connectivity index (χ3n) is 9.85. The molecule has 1 aliphatic rings. The van der Waals surface area contributed by atoms with Gasteiger partial charge < -0.3 is 8.83 Å². The maximum atomic E-state index is 6.34. The van der Waals surface area contributed by atoms with Gasteiger partial charge in [0.25, 0.3) is 0 Å². The summed E-state index contributed by atoms with van der Waals surface area (Å²) >= 11 is 0. The minimum absolute atomic E-state index is 0.117. The van der Waals surface area contributed by atoms with Crippen LogP contribution in [0.2, 0.25) is 0 Å². The molecule has 49 heavy (non-hydrogen) atoms. The molecule has 0 saturated heterocycles. The Kier molecular flexibility index (Phi) is 6.15. The van der Waals surface area contributed by atoms with E-state index in [1.165, 1.54) is 0 Å². The Hall–Kier alpha value is -6.33. The molecule has 5 heteroatoms. The van der Waals surface area contributed by atoms with Crippen LogP contribution in [0.25, 0.3) is 83.7 Å². The molecule has 2 unspecified atom stereocenters. The third kappa shape index (κ3) is 4.43. The Morgan fingerprint density at radius 1 is 0.531 bits per heavy atom. The van der Waals surface area contributed by atoms with Crippen molar-refractivity contribution in [1.82, 2.24) is 15.0 Å². The standard InChI is InChI=1S/C44H29N3O2/c1-26-23-24-38-41(34-17-5-7-21-36(34)49-38)39(26)44-46-42(45-43(47-44)32-19-9-12-27-11-2-3-15-30(27)32)29-14-8-13-28(25-29)31-18-10-22-37-40(31)33-16-4-6-20-35(33)48-37/h2-26,39H,1H3. The van der Waals surface area contributed by atoms with Crippen molar-refractivity contribution < 1.29 is 8.83 Å². The second kappa shape index (κ2) is 10.9. The van der Waals surface area contributed by atoms with E-state index in [9.17, 15) is 0 Å². The molecule has 0 saturated carbocycles. The zero-order chi connectivity index (χ0) is 32.5. The molecule has 3 aromatic heterocycles. The summed E-state index contributed by atoms with van der Waals surface area (Å²) in [6.07, 6.45) is 4.29. The number of aromatic nitrogens is 3. The first kappa shape index (κ1) is 27.8. The Balaban J connectivity index is 1.20. The van der Waals surface area contributed by atoms with E-state index in [2.05, 4.69) is 122 Å². The van der Waals surface area contributed by atoms with Crippen molar-refractivity contribution >= 4 is 49.8 Å². The van der Waals surface area contributed by atoms with Crippen LogP contribution in [-0.4, -0.2) is 15.0 Å². The van der Waals surface area contributed by atoms with Crippen molar-refractivity contribution in [3.8, 4) is 33.9 Å². The zero-order valence-electron chi connectivity index (χ0n) is 26.7. The number of hydrogen-bond donors (Lipinski definition) is 0. The number of fused-ring (bicyclic) bond motifs is 7. The molecule has 0 fully saturated rings. The lowest BCUT2D eigenvalue weighted by Crippen LogP contribution is -2.18. The van der Waals surface area contributed by atoms with Crippen LogP contribution in [0.1, 0.15) is 30.0 Å². The summed E-state index contributed by atoms with van der Waals surface area (Å²) in [5.74, 6) is 2.90. The van der Waals surface area contributed by atoms with Crippen LogP contribution in [0.5, 0.6) is 0 Å². The lowest BCUT2D eigenvalue weighted by atomic mass is 9.81. The molecule has 2 atom stereocenters. The van der Waals surface area contributed by atoms with Crippen LogP contribution in [0.15, 0.2) is 148 Å². The molecule has 5 nitrogen and oxygen atoms in total. The van der Waals surface area contributed by atoms with Gasteiger partial charge in [-0.05, 0) is 58.2 Å². The van der Waals surface area contributed by atoms with E-state index in [4.69, 9.17) is 23.8 Å². The predicted molar refractivity (Wildman–Crippen MR) is 197 cm³/mol. The first-order valence-corrected chi connectivity index (χ1v) is 16.6. The van der Waals surface area contributed by atoms with Crippen LogP contribution in [0.4, 0.5) is 0 Å². The number of furan rings is 2. The van der Waals surface area contributed by atoms with Gasteiger partial charge in [0.05, 0.1) is 5.92 Å². The van der Waals surface area contributed by atoms with Crippen molar-refractivity contribution in [2.75, 3.05) is 0 Å². The molecule has 0 N–H and O–H groups in total. The first-order valence-electron chi connectivity index (χ1n) is 16.6. The second-order valence-electron chi connectivity index (χ2n) is 12.8. The van der Waals surface area contributed by atoms with Crippen LogP contribution >= 0.6 is 0 Å². The van der Waals surface area contributed by atoms with Crippen molar-refractivity contribution in [2.24, 2.45) is 5.92 Å². The van der Waals surface area contributed by atoms with Gasteiger partial charge in [-0.15, -0.1) is 0 Å². The van der Waals surface area contributed by atoms with Crippen LogP contribution in [-0.2, 0) is 0 Å². The first-order chi connectivity index (χ1) is 24.2. The lowest BCUT2D eigenvalue weighted by molar-refractivity contribution is 0.545. The topological polar surface area (TPSA) is 65.0 Å². The van der Waals surface area contributed by atoms with Gasteiger partial charge in [-0.25, -0.2) is 15.0 Å². The highest BCUT2D eigenvalue weighted by atomic mass is 16.3. The van der Waals surface area contributed by atoms with E-state index in [-0.39, 0.29) is 11.8 Å². The maximum absolute atomic E-state index is 6.34. The minimum Gasteiger partial charge on any atom is -0.456 e. The molecule has 0 spiro atoms. The lowest BCUT2D eigenvalue weighted by Gasteiger charge is -2.24. The number of rotatable bonds is 4. The highest BCUT2D eigenvalue weighted by Crippen LogP contribution is 2.44. The van der Waals surface area contributed by atoms with Gasteiger partial charge in [0, 0.05) is 32.8 Å². The quantitative estimate of drug-likeness (QED) is 0.193. The summed E-state index contributed by atoms with van der Waals surface area (Å²) in [6.45, 7) is 2.23. The molecule has 232 valence electrons. The molecule has 3 heterocycles. The fraction of sp³-hybridized carbons (Fsp3) is 0.0682. The third-order valence-corrected chi connectivity index (χ3v) is 9.85. The van der Waals surface area contributed by atoms with Gasteiger partial charge in [0.2, 0.25) is 0 Å². The largest absolute Gasteiger partial charge is 0.456 e. The number of benzene rings is 6. The van der Waals surface area contributed by atoms with Gasteiger partial charge in [-0.3, -0.25) is 0 Å². The number of para-hydroxylation sites is 2. The van der Waals surface area contributed by atoms with E-state index in [1.807, 2.05) is 30.3 Å². The Labute approximate surface area is 282 Å². The summed E-state index contributed by atoms with van der Waals surface area (Å²) in [5, 5.41) is 5.54. The highest BCUT2D eigenvalue weighted by molar-refractivity contribution is 6.12. The SMILES string of the molecule is CC1C=Cc2oc3ccccc3c2C1c1nc(-c2cccc(-c3cccc4oc5ccccc5c34)c2)nc(-c2cccc3ccccc23)n1. The smallest absolute Gasteiger partial charge is 0.164 e. The van der Waals surface area contributed by atoms with Crippen molar-refractivity contribution in [3.05, 3.63) is 157 Å². The molecule has 9 aromatic rings. The summed E-state index contributed by atoms with van der Waals surface area (Å²) in [6, 6.07) is 45.9. The second-order valence-corrected chi connectivity index (χ2v) is 12.8. The average Bonchev–Trinajstić information content (AvgIpc) is 3.73. The molecular formula is C44H29N3O2. The van der Waals surface area contributed by atoms with E-state index in [0.29, 0.717) is 11.6 Å². The molecule has 0 radical (unpaired) electrons. The molecule has 10 rings (SSSR count). The van der Waals surface area contributed by atoms with Gasteiger partial charge in [-0.2, -0.15) is 0 Å². The maximum Gasteiger partial charge on any atom is 0.164 e. The molecule has 1 aliphatic carbocycles. The average molecular weight is 632 g/mol. The van der Waals surface area contributed by atoms with Gasteiger partial charge in [-0.1, -0.05) is 122 Å². The number of allylic oxidation sites excluding steroid dienone is 1. The fourth-order valence-electron chi connectivity index (χ4n) is 7.55. The van der Waals surface area contributed by atoms with Gasteiger partial charge in [0.15, 0.2) is 11.6 Å². The number of nitrogens with zero attached hydrogens (tertiary/aromatic N) is 3. The Morgan fingerprint density at radius 2 is 1.18 bits per heavy atom. The predicted octanol–water partition coefficient (Wildman–Crippen LogP) is 11.5. The van der Waals surface area contributed by atoms with Gasteiger partial charge in [0.1, 0.15) is 28.3 Å². The van der Waals surface area contributed by atoms with E-state index in [1.54, 1.807) is 0 Å². The molecular weight excluding hydrogens is 603 g/mol. The fourth-order valence-corrected chi connectivity index (χ4v) is 7.55. The van der Waals surface area contributed by atoms with Crippen molar-refractivity contribution in [3.63, 3.8) is 0 Å². The van der Waals surface area contributed by atoms with Crippen molar-refractivity contribution in [1.29, 1.82) is 0 Å².